The van der Waals surface area contributed by atoms with Crippen LogP contribution in [0.3, 0.4) is 0 Å². The Morgan fingerprint density at radius 2 is 1.76 bits per heavy atom. The summed E-state index contributed by atoms with van der Waals surface area (Å²) < 4.78 is 28.0. The van der Waals surface area contributed by atoms with Gasteiger partial charge in [0.1, 0.15) is 5.75 Å². The summed E-state index contributed by atoms with van der Waals surface area (Å²) >= 11 is 0. The quantitative estimate of drug-likeness (QED) is 0.713. The first-order chi connectivity index (χ1) is 8.14. The predicted molar refractivity (Wildman–Crippen MR) is 66.9 cm³/mol. The van der Waals surface area contributed by atoms with Crippen LogP contribution in [-0.4, -0.2) is 38.2 Å². The van der Waals surface area contributed by atoms with Gasteiger partial charge in [-0.3, -0.25) is 0 Å². The van der Waals surface area contributed by atoms with Crippen LogP contribution in [0.4, 0.5) is 0 Å². The first-order valence-corrected chi connectivity index (χ1v) is 7.45. The van der Waals surface area contributed by atoms with Crippen molar-refractivity contribution >= 4 is 9.84 Å². The van der Waals surface area contributed by atoms with Crippen LogP contribution in [-0.2, 0) is 9.84 Å². The summed E-state index contributed by atoms with van der Waals surface area (Å²) in [7, 11) is -3.08. The lowest BCUT2D eigenvalue weighted by Crippen LogP contribution is -2.14. The first kappa shape index (κ1) is 14.0. The van der Waals surface area contributed by atoms with E-state index in [1.165, 1.54) is 0 Å². The van der Waals surface area contributed by atoms with E-state index in [0.717, 1.165) is 5.75 Å². The van der Waals surface area contributed by atoms with Gasteiger partial charge in [0, 0.05) is 0 Å². The van der Waals surface area contributed by atoms with Gasteiger partial charge < -0.3 is 9.84 Å². The van der Waals surface area contributed by atoms with E-state index in [2.05, 4.69) is 0 Å². The standard InChI is InChI=1S/C12H18O4S/c13-8-11-17(14,15)10-5-4-9-16-12-6-2-1-3-7-12/h1-3,6-7,13H,4-5,8-11H2. The molecule has 0 aromatic heterocycles. The second-order valence-corrected chi connectivity index (χ2v) is 6.05. The molecule has 1 aromatic rings. The smallest absolute Gasteiger partial charge is 0.152 e. The van der Waals surface area contributed by atoms with Crippen molar-refractivity contribution in [2.75, 3.05) is 24.7 Å². The molecule has 96 valence electrons. The van der Waals surface area contributed by atoms with Gasteiger partial charge in [0.25, 0.3) is 0 Å². The molecule has 0 spiro atoms. The van der Waals surface area contributed by atoms with Gasteiger partial charge in [-0.15, -0.1) is 0 Å². The maximum Gasteiger partial charge on any atom is 0.152 e. The van der Waals surface area contributed by atoms with Crippen molar-refractivity contribution in [3.63, 3.8) is 0 Å². The summed E-state index contributed by atoms with van der Waals surface area (Å²) in [4.78, 5) is 0. The van der Waals surface area contributed by atoms with Crippen LogP contribution in [0.2, 0.25) is 0 Å². The van der Waals surface area contributed by atoms with Crippen molar-refractivity contribution < 1.29 is 18.3 Å². The zero-order chi connectivity index (χ0) is 12.6. The number of para-hydroxylation sites is 1. The van der Waals surface area contributed by atoms with Gasteiger partial charge >= 0.3 is 0 Å². The number of unbranched alkanes of at least 4 members (excludes halogenated alkanes) is 1. The molecule has 0 aliphatic carbocycles. The molecule has 0 radical (unpaired) electrons. The van der Waals surface area contributed by atoms with E-state index >= 15 is 0 Å². The highest BCUT2D eigenvalue weighted by Crippen LogP contribution is 2.09. The Kier molecular flexibility index (Phi) is 6.00. The van der Waals surface area contributed by atoms with Crippen LogP contribution in [0.25, 0.3) is 0 Å². The molecule has 0 aliphatic heterocycles. The first-order valence-electron chi connectivity index (χ1n) is 5.63. The zero-order valence-corrected chi connectivity index (χ0v) is 10.5. The van der Waals surface area contributed by atoms with Gasteiger partial charge in [-0.05, 0) is 25.0 Å². The van der Waals surface area contributed by atoms with Crippen LogP contribution < -0.4 is 4.74 Å². The minimum Gasteiger partial charge on any atom is -0.494 e. The number of benzene rings is 1. The number of ether oxygens (including phenoxy) is 1. The minimum absolute atomic E-state index is 0.117. The van der Waals surface area contributed by atoms with E-state index in [0.29, 0.717) is 19.4 Å². The van der Waals surface area contributed by atoms with Crippen LogP contribution in [0.15, 0.2) is 30.3 Å². The van der Waals surface area contributed by atoms with E-state index in [4.69, 9.17) is 9.84 Å². The van der Waals surface area contributed by atoms with Crippen molar-refractivity contribution in [1.82, 2.24) is 0 Å². The van der Waals surface area contributed by atoms with Crippen LogP contribution in [0.1, 0.15) is 12.8 Å². The molecule has 0 saturated carbocycles. The largest absolute Gasteiger partial charge is 0.494 e. The molecular formula is C12H18O4S. The number of sulfone groups is 1. The van der Waals surface area contributed by atoms with Crippen LogP contribution in [0.5, 0.6) is 5.75 Å². The third kappa shape index (κ3) is 6.28. The normalized spacial score (nSPS) is 11.4. The van der Waals surface area contributed by atoms with Crippen LogP contribution >= 0.6 is 0 Å². The van der Waals surface area contributed by atoms with Gasteiger partial charge in [-0.2, -0.15) is 0 Å². The molecule has 0 atom stereocenters. The molecular weight excluding hydrogens is 240 g/mol. The fraction of sp³-hybridized carbons (Fsp3) is 0.500. The third-order valence-electron chi connectivity index (χ3n) is 2.26. The Labute approximate surface area is 102 Å². The molecule has 0 saturated heterocycles. The Bertz CT molecular complexity index is 400. The summed E-state index contributed by atoms with van der Waals surface area (Å²) in [6, 6.07) is 9.42. The molecule has 0 fully saturated rings. The Balaban J connectivity index is 2.13. The fourth-order valence-corrected chi connectivity index (χ4v) is 2.50. The maximum absolute atomic E-state index is 11.3. The Morgan fingerprint density at radius 1 is 1.06 bits per heavy atom. The highest BCUT2D eigenvalue weighted by molar-refractivity contribution is 7.91. The Morgan fingerprint density at radius 3 is 2.41 bits per heavy atom. The lowest BCUT2D eigenvalue weighted by molar-refractivity contribution is 0.309. The molecule has 17 heavy (non-hydrogen) atoms. The number of rotatable bonds is 8. The fourth-order valence-electron chi connectivity index (χ4n) is 1.37. The molecule has 1 aromatic carbocycles. The average Bonchev–Trinajstić information content (AvgIpc) is 2.30. The van der Waals surface area contributed by atoms with Crippen molar-refractivity contribution in [2.24, 2.45) is 0 Å². The van der Waals surface area contributed by atoms with E-state index in [-0.39, 0.29) is 18.1 Å². The SMILES string of the molecule is O=S(=O)(CCO)CCCCOc1ccccc1. The molecule has 0 aliphatic rings. The van der Waals surface area contributed by atoms with Gasteiger partial charge in [-0.25, -0.2) is 8.42 Å². The molecule has 0 bridgehead atoms. The van der Waals surface area contributed by atoms with E-state index in [1.807, 2.05) is 30.3 Å². The minimum atomic E-state index is -3.08. The number of aliphatic hydroxyl groups is 1. The highest BCUT2D eigenvalue weighted by Gasteiger charge is 2.08. The molecule has 0 unspecified atom stereocenters. The van der Waals surface area contributed by atoms with Crippen molar-refractivity contribution in [2.45, 2.75) is 12.8 Å². The monoisotopic (exact) mass is 258 g/mol. The lowest BCUT2D eigenvalue weighted by Gasteiger charge is -2.05. The molecule has 5 heteroatoms. The topological polar surface area (TPSA) is 63.6 Å². The molecule has 0 amide bonds. The molecule has 0 heterocycles. The second-order valence-electron chi connectivity index (χ2n) is 3.74. The highest BCUT2D eigenvalue weighted by atomic mass is 32.2. The molecule has 4 nitrogen and oxygen atoms in total. The van der Waals surface area contributed by atoms with Gasteiger partial charge in [0.15, 0.2) is 9.84 Å². The van der Waals surface area contributed by atoms with Gasteiger partial charge in [0.05, 0.1) is 24.7 Å². The average molecular weight is 258 g/mol. The molecule has 1 N–H and O–H groups in total. The molecule has 1 rings (SSSR count). The summed E-state index contributed by atoms with van der Waals surface area (Å²) in [6.45, 7) is 0.210. The zero-order valence-electron chi connectivity index (χ0n) is 9.71. The van der Waals surface area contributed by atoms with Crippen molar-refractivity contribution in [3.8, 4) is 5.75 Å². The van der Waals surface area contributed by atoms with Crippen molar-refractivity contribution in [1.29, 1.82) is 0 Å². The Hall–Kier alpha value is -1.07. The van der Waals surface area contributed by atoms with E-state index in [1.54, 1.807) is 0 Å². The third-order valence-corrected chi connectivity index (χ3v) is 3.98. The number of aliphatic hydroxyl groups excluding tert-OH is 1. The predicted octanol–water partition coefficient (Wildman–Crippen LogP) is 1.25. The van der Waals surface area contributed by atoms with Gasteiger partial charge in [-0.1, -0.05) is 18.2 Å². The number of hydrogen-bond acceptors (Lipinski definition) is 4. The van der Waals surface area contributed by atoms with Crippen LogP contribution in [0, 0.1) is 0 Å². The summed E-state index contributed by atoms with van der Waals surface area (Å²) in [5.41, 5.74) is 0. The lowest BCUT2D eigenvalue weighted by atomic mass is 10.3. The van der Waals surface area contributed by atoms with E-state index < -0.39 is 9.84 Å². The summed E-state index contributed by atoms with van der Waals surface area (Å²) in [6.07, 6.45) is 1.26. The van der Waals surface area contributed by atoms with Gasteiger partial charge in [0.2, 0.25) is 0 Å². The summed E-state index contributed by atoms with van der Waals surface area (Å²) in [5, 5.41) is 8.55. The van der Waals surface area contributed by atoms with Crippen molar-refractivity contribution in [3.05, 3.63) is 30.3 Å². The van der Waals surface area contributed by atoms with E-state index in [9.17, 15) is 8.42 Å². The maximum atomic E-state index is 11.3. The summed E-state index contributed by atoms with van der Waals surface area (Å²) in [5.74, 6) is 0.767. The number of hydrogen-bond donors (Lipinski definition) is 1. The second kappa shape index (κ2) is 7.29.